The monoisotopic (exact) mass is 265 g/mol. The van der Waals surface area contributed by atoms with E-state index in [4.69, 9.17) is 5.73 Å². The smallest absolute Gasteiger partial charge is 0.169 e. The molecule has 0 aromatic heterocycles. The summed E-state index contributed by atoms with van der Waals surface area (Å²) in [5, 5.41) is 0. The molecule has 0 bridgehead atoms. The molecule has 98 valence electrons. The van der Waals surface area contributed by atoms with E-state index in [1.165, 1.54) is 18.2 Å². The third-order valence-electron chi connectivity index (χ3n) is 2.72. The Bertz CT molecular complexity index is 641. The molecule has 0 aliphatic rings. The second-order valence-corrected chi connectivity index (χ2v) is 4.04. The van der Waals surface area contributed by atoms with Gasteiger partial charge in [0.2, 0.25) is 0 Å². The first kappa shape index (κ1) is 13.1. The van der Waals surface area contributed by atoms with Crippen molar-refractivity contribution < 1.29 is 18.0 Å². The van der Waals surface area contributed by atoms with Gasteiger partial charge in [-0.3, -0.25) is 4.79 Å². The van der Waals surface area contributed by atoms with Gasteiger partial charge in [-0.1, -0.05) is 12.1 Å². The van der Waals surface area contributed by atoms with Gasteiger partial charge >= 0.3 is 0 Å². The molecule has 2 nitrogen and oxygen atoms in total. The molecule has 0 spiro atoms. The Balaban J connectivity index is 2.28. The van der Waals surface area contributed by atoms with E-state index in [-0.39, 0.29) is 23.2 Å². The zero-order valence-electron chi connectivity index (χ0n) is 9.79. The van der Waals surface area contributed by atoms with Crippen LogP contribution in [0.25, 0.3) is 0 Å². The van der Waals surface area contributed by atoms with Crippen molar-refractivity contribution in [2.24, 2.45) is 0 Å². The Morgan fingerprint density at radius 2 is 1.79 bits per heavy atom. The van der Waals surface area contributed by atoms with Crippen molar-refractivity contribution in [3.05, 3.63) is 65.0 Å². The lowest BCUT2D eigenvalue weighted by Crippen LogP contribution is -2.09. The standard InChI is InChI=1S/C14H10F3NO/c15-9-5-4-8(12(17)7-9)6-13(19)10-2-1-3-11(16)14(10)18/h1-5,7H,6,18H2. The summed E-state index contributed by atoms with van der Waals surface area (Å²) in [5.74, 6) is -2.77. The van der Waals surface area contributed by atoms with Crippen molar-refractivity contribution >= 4 is 11.5 Å². The number of para-hydroxylation sites is 1. The maximum atomic E-state index is 13.4. The molecule has 0 fully saturated rings. The minimum Gasteiger partial charge on any atom is -0.396 e. The molecular weight excluding hydrogens is 255 g/mol. The molecule has 5 heteroatoms. The van der Waals surface area contributed by atoms with E-state index in [1.54, 1.807) is 0 Å². The fraction of sp³-hybridized carbons (Fsp3) is 0.0714. The van der Waals surface area contributed by atoms with Crippen LogP contribution in [0, 0.1) is 17.5 Å². The summed E-state index contributed by atoms with van der Waals surface area (Å²) in [6.07, 6.45) is -0.306. The third kappa shape index (κ3) is 2.76. The Morgan fingerprint density at radius 1 is 1.05 bits per heavy atom. The van der Waals surface area contributed by atoms with Gasteiger partial charge < -0.3 is 5.73 Å². The third-order valence-corrected chi connectivity index (χ3v) is 2.72. The highest BCUT2D eigenvalue weighted by Crippen LogP contribution is 2.19. The van der Waals surface area contributed by atoms with Gasteiger partial charge in [-0.15, -0.1) is 0 Å². The van der Waals surface area contributed by atoms with Crippen LogP contribution in [0.2, 0.25) is 0 Å². The van der Waals surface area contributed by atoms with Crippen LogP contribution in [-0.4, -0.2) is 5.78 Å². The average molecular weight is 265 g/mol. The topological polar surface area (TPSA) is 43.1 Å². The fourth-order valence-corrected chi connectivity index (χ4v) is 1.71. The molecule has 2 rings (SSSR count). The first-order valence-corrected chi connectivity index (χ1v) is 5.50. The number of anilines is 1. The van der Waals surface area contributed by atoms with Crippen LogP contribution in [0.3, 0.4) is 0 Å². The molecule has 0 radical (unpaired) electrons. The van der Waals surface area contributed by atoms with E-state index in [9.17, 15) is 18.0 Å². The minimum absolute atomic E-state index is 0.0104. The van der Waals surface area contributed by atoms with Crippen molar-refractivity contribution in [1.82, 2.24) is 0 Å². The Hall–Kier alpha value is -2.30. The number of hydrogen-bond acceptors (Lipinski definition) is 2. The molecule has 2 N–H and O–H groups in total. The van der Waals surface area contributed by atoms with Crippen LogP contribution >= 0.6 is 0 Å². The highest BCUT2D eigenvalue weighted by Gasteiger charge is 2.15. The number of nitrogens with two attached hydrogens (primary N) is 1. The van der Waals surface area contributed by atoms with E-state index in [1.807, 2.05) is 0 Å². The van der Waals surface area contributed by atoms with Gasteiger partial charge in [-0.25, -0.2) is 13.2 Å². The average Bonchev–Trinajstić information content (AvgIpc) is 2.36. The molecule has 2 aromatic carbocycles. The van der Waals surface area contributed by atoms with Gasteiger partial charge in [0, 0.05) is 18.1 Å². The molecule has 0 aliphatic heterocycles. The van der Waals surface area contributed by atoms with E-state index >= 15 is 0 Å². The number of benzene rings is 2. The summed E-state index contributed by atoms with van der Waals surface area (Å²) in [6.45, 7) is 0. The van der Waals surface area contributed by atoms with Gasteiger partial charge in [-0.05, 0) is 23.8 Å². The summed E-state index contributed by atoms with van der Waals surface area (Å²) < 4.78 is 39.3. The highest BCUT2D eigenvalue weighted by molar-refractivity contribution is 6.02. The van der Waals surface area contributed by atoms with E-state index in [0.717, 1.165) is 12.1 Å². The molecule has 0 heterocycles. The lowest BCUT2D eigenvalue weighted by Gasteiger charge is -2.06. The van der Waals surface area contributed by atoms with Gasteiger partial charge in [0.25, 0.3) is 0 Å². The van der Waals surface area contributed by atoms with Gasteiger partial charge in [-0.2, -0.15) is 0 Å². The summed E-state index contributed by atoms with van der Waals surface area (Å²) in [6, 6.07) is 6.77. The van der Waals surface area contributed by atoms with Gasteiger partial charge in [0.15, 0.2) is 5.78 Å². The minimum atomic E-state index is -0.816. The first-order chi connectivity index (χ1) is 8.99. The normalized spacial score (nSPS) is 10.5. The highest BCUT2D eigenvalue weighted by atomic mass is 19.1. The van der Waals surface area contributed by atoms with Crippen LogP contribution in [0.4, 0.5) is 18.9 Å². The number of nitrogen functional groups attached to an aromatic ring is 1. The fourth-order valence-electron chi connectivity index (χ4n) is 1.71. The number of Topliss-reactive ketones (excluding diaryl/α,β-unsaturated/α-hetero) is 1. The molecule has 0 aliphatic carbocycles. The summed E-state index contributed by atoms with van der Waals surface area (Å²) in [7, 11) is 0. The van der Waals surface area contributed by atoms with E-state index in [0.29, 0.717) is 6.07 Å². The molecule has 0 amide bonds. The second-order valence-electron chi connectivity index (χ2n) is 4.04. The Morgan fingerprint density at radius 3 is 2.47 bits per heavy atom. The van der Waals surface area contributed by atoms with Gasteiger partial charge in [0.1, 0.15) is 17.5 Å². The van der Waals surface area contributed by atoms with Crippen molar-refractivity contribution in [2.75, 3.05) is 5.73 Å². The number of carbonyl (C=O) groups is 1. The number of ketones is 1. The number of carbonyl (C=O) groups excluding carboxylic acids is 1. The van der Waals surface area contributed by atoms with Crippen LogP contribution in [0.1, 0.15) is 15.9 Å². The van der Waals surface area contributed by atoms with Gasteiger partial charge in [0.05, 0.1) is 5.69 Å². The van der Waals surface area contributed by atoms with Crippen LogP contribution < -0.4 is 5.73 Å². The van der Waals surface area contributed by atoms with Crippen LogP contribution in [-0.2, 0) is 6.42 Å². The largest absolute Gasteiger partial charge is 0.396 e. The molecule has 0 saturated carbocycles. The predicted molar refractivity (Wildman–Crippen MR) is 65.2 cm³/mol. The summed E-state index contributed by atoms with van der Waals surface area (Å²) in [5.41, 5.74) is 5.21. The zero-order chi connectivity index (χ0) is 14.0. The molecule has 0 atom stereocenters. The zero-order valence-corrected chi connectivity index (χ0v) is 9.79. The quantitative estimate of drug-likeness (QED) is 0.684. The van der Waals surface area contributed by atoms with Crippen LogP contribution in [0.5, 0.6) is 0 Å². The van der Waals surface area contributed by atoms with Crippen molar-refractivity contribution in [3.8, 4) is 0 Å². The maximum absolute atomic E-state index is 13.4. The van der Waals surface area contributed by atoms with Crippen molar-refractivity contribution in [1.29, 1.82) is 0 Å². The van der Waals surface area contributed by atoms with Crippen molar-refractivity contribution in [2.45, 2.75) is 6.42 Å². The van der Waals surface area contributed by atoms with Crippen molar-refractivity contribution in [3.63, 3.8) is 0 Å². The SMILES string of the molecule is Nc1c(F)cccc1C(=O)Cc1ccc(F)cc1F. The second kappa shape index (κ2) is 5.14. The van der Waals surface area contributed by atoms with Crippen LogP contribution in [0.15, 0.2) is 36.4 Å². The van der Waals surface area contributed by atoms with E-state index < -0.39 is 23.2 Å². The molecule has 2 aromatic rings. The summed E-state index contributed by atoms with van der Waals surface area (Å²) in [4.78, 5) is 11.9. The Labute approximate surface area is 107 Å². The maximum Gasteiger partial charge on any atom is 0.169 e. The molecule has 0 unspecified atom stereocenters. The number of halogens is 3. The number of hydrogen-bond donors (Lipinski definition) is 1. The lowest BCUT2D eigenvalue weighted by molar-refractivity contribution is 0.0992. The molecular formula is C14H10F3NO. The molecule has 19 heavy (non-hydrogen) atoms. The first-order valence-electron chi connectivity index (χ1n) is 5.50. The predicted octanol–water partition coefficient (Wildman–Crippen LogP) is 3.11. The Kier molecular flexibility index (Phi) is 3.55. The lowest BCUT2D eigenvalue weighted by atomic mass is 10.0. The molecule has 0 saturated heterocycles. The summed E-state index contributed by atoms with van der Waals surface area (Å²) >= 11 is 0. The van der Waals surface area contributed by atoms with E-state index in [2.05, 4.69) is 0 Å². The number of rotatable bonds is 3.